The van der Waals surface area contributed by atoms with Gasteiger partial charge in [0.2, 0.25) is 0 Å². The molecule has 1 aliphatic rings. The molecule has 0 radical (unpaired) electrons. The summed E-state index contributed by atoms with van der Waals surface area (Å²) >= 11 is 1.62. The van der Waals surface area contributed by atoms with E-state index in [1.54, 1.807) is 11.3 Å². The molecule has 1 atom stereocenters. The Bertz CT molecular complexity index is 529. The highest BCUT2D eigenvalue weighted by Gasteiger charge is 2.29. The Morgan fingerprint density at radius 3 is 3.14 bits per heavy atom. The van der Waals surface area contributed by atoms with Crippen molar-refractivity contribution in [1.82, 2.24) is 4.90 Å². The second-order valence-electron chi connectivity index (χ2n) is 4.96. The Labute approximate surface area is 129 Å². The highest BCUT2D eigenvalue weighted by molar-refractivity contribution is 7.12. The molecule has 114 valence electrons. The summed E-state index contributed by atoms with van der Waals surface area (Å²) < 4.78 is 5.18. The molecule has 0 bridgehead atoms. The minimum Gasteiger partial charge on any atom is -0.465 e. The number of piperidine rings is 1. The molecule has 0 aliphatic carbocycles. The number of aliphatic hydroxyl groups excluding tert-OH is 1. The van der Waals surface area contributed by atoms with Crippen molar-refractivity contribution in [2.24, 2.45) is 0 Å². The second-order valence-corrected chi connectivity index (χ2v) is 6.13. The first-order chi connectivity index (χ1) is 10.2. The van der Waals surface area contributed by atoms with Crippen LogP contribution < -0.4 is 0 Å². The summed E-state index contributed by atoms with van der Waals surface area (Å²) in [5.74, 6) is 5.47. The van der Waals surface area contributed by atoms with E-state index in [-0.39, 0.29) is 18.6 Å². The van der Waals surface area contributed by atoms with Crippen LogP contribution in [0.3, 0.4) is 0 Å². The predicted molar refractivity (Wildman–Crippen MR) is 83.0 cm³/mol. The first-order valence-corrected chi connectivity index (χ1v) is 8.15. The highest BCUT2D eigenvalue weighted by Crippen LogP contribution is 2.24. The molecule has 4 nitrogen and oxygen atoms in total. The van der Waals surface area contributed by atoms with Crippen LogP contribution in [0.5, 0.6) is 0 Å². The van der Waals surface area contributed by atoms with Crippen LogP contribution in [0.25, 0.3) is 0 Å². The molecule has 1 N–H and O–H groups in total. The van der Waals surface area contributed by atoms with Crippen molar-refractivity contribution in [2.75, 3.05) is 19.8 Å². The zero-order chi connectivity index (χ0) is 15.1. The van der Waals surface area contributed by atoms with Gasteiger partial charge in [-0.05, 0) is 38.4 Å². The summed E-state index contributed by atoms with van der Waals surface area (Å²) in [4.78, 5) is 16.4. The number of carbonyl (C=O) groups is 1. The number of carbonyl (C=O) groups excluding carboxylic acids is 1. The summed E-state index contributed by atoms with van der Waals surface area (Å²) in [6.45, 7) is 3.85. The fourth-order valence-corrected chi connectivity index (χ4v) is 3.45. The van der Waals surface area contributed by atoms with Crippen LogP contribution >= 0.6 is 11.3 Å². The number of esters is 1. The van der Waals surface area contributed by atoms with Gasteiger partial charge in [-0.2, -0.15) is 0 Å². The lowest BCUT2D eigenvalue weighted by Gasteiger charge is -2.33. The van der Waals surface area contributed by atoms with Gasteiger partial charge in [-0.3, -0.25) is 9.69 Å². The van der Waals surface area contributed by atoms with Crippen LogP contribution in [0.15, 0.2) is 12.1 Å². The molecule has 5 heteroatoms. The molecule has 1 unspecified atom stereocenters. The molecule has 0 saturated carbocycles. The van der Waals surface area contributed by atoms with Crippen molar-refractivity contribution in [2.45, 2.75) is 38.8 Å². The van der Waals surface area contributed by atoms with E-state index in [0.717, 1.165) is 37.2 Å². The van der Waals surface area contributed by atoms with Crippen LogP contribution in [0.4, 0.5) is 0 Å². The first kappa shape index (κ1) is 16.0. The van der Waals surface area contributed by atoms with Gasteiger partial charge in [0.05, 0.1) is 11.5 Å². The maximum atomic E-state index is 12.0. The summed E-state index contributed by atoms with van der Waals surface area (Å²) in [5.41, 5.74) is 0. The van der Waals surface area contributed by atoms with Crippen molar-refractivity contribution < 1.29 is 14.6 Å². The lowest BCUT2D eigenvalue weighted by Crippen LogP contribution is -2.44. The molecule has 0 amide bonds. The van der Waals surface area contributed by atoms with Crippen molar-refractivity contribution in [3.05, 3.63) is 21.9 Å². The summed E-state index contributed by atoms with van der Waals surface area (Å²) in [7, 11) is 0. The SMILES string of the molecule is CCOC(=O)C1CCCCN1Cc1ccc(C#CCO)s1. The van der Waals surface area contributed by atoms with Gasteiger partial charge in [0.15, 0.2) is 0 Å². The van der Waals surface area contributed by atoms with Crippen LogP contribution in [0.2, 0.25) is 0 Å². The molecule has 1 aromatic heterocycles. The summed E-state index contributed by atoms with van der Waals surface area (Å²) in [6.07, 6.45) is 3.08. The van der Waals surface area contributed by atoms with Crippen LogP contribution in [0, 0.1) is 11.8 Å². The highest BCUT2D eigenvalue weighted by atomic mass is 32.1. The van der Waals surface area contributed by atoms with Gasteiger partial charge in [0.1, 0.15) is 12.6 Å². The van der Waals surface area contributed by atoms with Crippen molar-refractivity contribution in [1.29, 1.82) is 0 Å². The average molecular weight is 307 g/mol. The molecule has 1 aliphatic heterocycles. The van der Waals surface area contributed by atoms with E-state index in [9.17, 15) is 4.79 Å². The minimum atomic E-state index is -0.121. The number of hydrogen-bond donors (Lipinski definition) is 1. The van der Waals surface area contributed by atoms with E-state index in [2.05, 4.69) is 16.7 Å². The number of aliphatic hydroxyl groups is 1. The third-order valence-corrected chi connectivity index (χ3v) is 4.47. The first-order valence-electron chi connectivity index (χ1n) is 7.33. The lowest BCUT2D eigenvalue weighted by molar-refractivity contribution is -0.151. The topological polar surface area (TPSA) is 49.8 Å². The standard InChI is InChI=1S/C16H21NO3S/c1-2-20-16(19)15-7-3-4-10-17(15)12-14-9-8-13(21-14)6-5-11-18/h8-9,15,18H,2-4,7,10-12H2,1H3. The zero-order valence-corrected chi connectivity index (χ0v) is 13.1. The van der Waals surface area contributed by atoms with Gasteiger partial charge in [-0.25, -0.2) is 0 Å². The molecule has 2 rings (SSSR count). The van der Waals surface area contributed by atoms with Crippen LogP contribution in [0.1, 0.15) is 35.9 Å². The molecule has 1 aromatic rings. The van der Waals surface area contributed by atoms with Gasteiger partial charge >= 0.3 is 5.97 Å². The fourth-order valence-electron chi connectivity index (χ4n) is 2.54. The van der Waals surface area contributed by atoms with E-state index >= 15 is 0 Å². The van der Waals surface area contributed by atoms with Gasteiger partial charge < -0.3 is 9.84 Å². The molecular weight excluding hydrogens is 286 g/mol. The molecule has 0 aromatic carbocycles. The summed E-state index contributed by atoms with van der Waals surface area (Å²) in [5, 5.41) is 8.71. The Kier molecular flexibility index (Phi) is 6.24. The normalized spacial score (nSPS) is 18.9. The molecule has 2 heterocycles. The van der Waals surface area contributed by atoms with Gasteiger partial charge in [0.25, 0.3) is 0 Å². The number of ether oxygens (including phenoxy) is 1. The monoisotopic (exact) mass is 307 g/mol. The molecular formula is C16H21NO3S. The number of thiophene rings is 1. The number of nitrogens with zero attached hydrogens (tertiary/aromatic N) is 1. The Morgan fingerprint density at radius 2 is 2.38 bits per heavy atom. The van der Waals surface area contributed by atoms with E-state index in [1.165, 1.54) is 4.88 Å². The second kappa shape index (κ2) is 8.18. The third kappa shape index (κ3) is 4.57. The van der Waals surface area contributed by atoms with E-state index in [1.807, 2.05) is 19.1 Å². The largest absolute Gasteiger partial charge is 0.465 e. The Morgan fingerprint density at radius 1 is 1.52 bits per heavy atom. The van der Waals surface area contributed by atoms with E-state index < -0.39 is 0 Å². The fraction of sp³-hybridized carbons (Fsp3) is 0.562. The molecule has 0 spiro atoms. The average Bonchev–Trinajstić information content (AvgIpc) is 2.93. The van der Waals surface area contributed by atoms with Crippen molar-refractivity contribution in [3.63, 3.8) is 0 Å². The minimum absolute atomic E-state index is 0.103. The van der Waals surface area contributed by atoms with Crippen LogP contribution in [-0.4, -0.2) is 41.8 Å². The number of likely N-dealkylation sites (tertiary alicyclic amines) is 1. The smallest absolute Gasteiger partial charge is 0.323 e. The van der Waals surface area contributed by atoms with E-state index in [4.69, 9.17) is 9.84 Å². The Balaban J connectivity index is 2.01. The zero-order valence-electron chi connectivity index (χ0n) is 12.3. The maximum Gasteiger partial charge on any atom is 0.323 e. The summed E-state index contributed by atoms with van der Waals surface area (Å²) in [6, 6.07) is 3.89. The quantitative estimate of drug-likeness (QED) is 0.683. The molecule has 21 heavy (non-hydrogen) atoms. The molecule has 1 saturated heterocycles. The van der Waals surface area contributed by atoms with Gasteiger partial charge in [-0.1, -0.05) is 18.3 Å². The predicted octanol–water partition coefficient (Wildman–Crippen LogP) is 2.01. The number of hydrogen-bond acceptors (Lipinski definition) is 5. The molecule has 1 fully saturated rings. The van der Waals surface area contributed by atoms with Crippen molar-refractivity contribution >= 4 is 17.3 Å². The van der Waals surface area contributed by atoms with Crippen molar-refractivity contribution in [3.8, 4) is 11.8 Å². The van der Waals surface area contributed by atoms with E-state index in [0.29, 0.717) is 6.61 Å². The maximum absolute atomic E-state index is 12.0. The van der Waals surface area contributed by atoms with Crippen LogP contribution in [-0.2, 0) is 16.1 Å². The van der Waals surface area contributed by atoms with Gasteiger partial charge in [0, 0.05) is 11.4 Å². The van der Waals surface area contributed by atoms with Gasteiger partial charge in [-0.15, -0.1) is 11.3 Å². The number of rotatable bonds is 4. The third-order valence-electron chi connectivity index (χ3n) is 3.48. The Hall–Kier alpha value is -1.35. The lowest BCUT2D eigenvalue weighted by atomic mass is 10.0.